The van der Waals surface area contributed by atoms with Crippen LogP contribution in [0.25, 0.3) is 0 Å². The third-order valence-corrected chi connectivity index (χ3v) is 3.71. The number of hydrogen-bond acceptors (Lipinski definition) is 5. The van der Waals surface area contributed by atoms with Crippen LogP contribution in [-0.4, -0.2) is 44.7 Å². The molecule has 2 rings (SSSR count). The average Bonchev–Trinajstić information content (AvgIpc) is 2.52. The van der Waals surface area contributed by atoms with Gasteiger partial charge in [0.25, 0.3) is 0 Å². The van der Waals surface area contributed by atoms with Gasteiger partial charge in [-0.05, 0) is 30.5 Å². The van der Waals surface area contributed by atoms with Crippen LogP contribution in [0.5, 0.6) is 0 Å². The largest absolute Gasteiger partial charge is 0.461 e. The van der Waals surface area contributed by atoms with Crippen molar-refractivity contribution in [3.63, 3.8) is 0 Å². The molecule has 22 heavy (non-hydrogen) atoms. The van der Waals surface area contributed by atoms with Gasteiger partial charge in [0.15, 0.2) is 0 Å². The number of esters is 1. The van der Waals surface area contributed by atoms with Gasteiger partial charge in [0.2, 0.25) is 0 Å². The lowest BCUT2D eigenvalue weighted by Gasteiger charge is -2.34. The smallest absolute Gasteiger partial charge is 0.338 e. The number of benzene rings is 1. The van der Waals surface area contributed by atoms with E-state index < -0.39 is 0 Å². The molecule has 0 atom stereocenters. The Morgan fingerprint density at radius 1 is 1.27 bits per heavy atom. The monoisotopic (exact) mass is 307 g/mol. The third-order valence-electron chi connectivity index (χ3n) is 3.71. The first kappa shape index (κ1) is 16.9. The second kappa shape index (κ2) is 7.72. The highest BCUT2D eigenvalue weighted by molar-refractivity contribution is 5.89. The molecule has 1 heterocycles. The zero-order valence-corrected chi connectivity index (χ0v) is 13.6. The topological polar surface area (TPSA) is 56.8 Å². The summed E-state index contributed by atoms with van der Waals surface area (Å²) in [4.78, 5) is 12.0. The highest BCUT2D eigenvalue weighted by Crippen LogP contribution is 2.15. The fourth-order valence-corrected chi connectivity index (χ4v) is 2.32. The van der Waals surface area contributed by atoms with Gasteiger partial charge in [-0.2, -0.15) is 0 Å². The van der Waals surface area contributed by atoms with Crippen LogP contribution in [0.1, 0.15) is 42.6 Å². The molecule has 1 aliphatic heterocycles. The zero-order valence-electron chi connectivity index (χ0n) is 13.6. The second-order valence-electron chi connectivity index (χ2n) is 6.21. The summed E-state index contributed by atoms with van der Waals surface area (Å²) in [7, 11) is 0. The van der Waals surface area contributed by atoms with Crippen molar-refractivity contribution >= 4 is 5.97 Å². The van der Waals surface area contributed by atoms with Crippen LogP contribution < -0.4 is 5.32 Å². The van der Waals surface area contributed by atoms with Crippen LogP contribution in [0.2, 0.25) is 0 Å². The van der Waals surface area contributed by atoms with E-state index in [1.165, 1.54) is 5.56 Å². The molecular weight excluding hydrogens is 282 g/mol. The van der Waals surface area contributed by atoms with Gasteiger partial charge < -0.3 is 19.5 Å². The van der Waals surface area contributed by atoms with Crippen molar-refractivity contribution in [2.45, 2.75) is 32.2 Å². The lowest BCUT2D eigenvalue weighted by atomic mass is 10.0. The molecule has 1 aromatic carbocycles. The summed E-state index contributed by atoms with van der Waals surface area (Å²) < 4.78 is 15.8. The van der Waals surface area contributed by atoms with Crippen molar-refractivity contribution in [1.29, 1.82) is 0 Å². The van der Waals surface area contributed by atoms with E-state index in [4.69, 9.17) is 14.2 Å². The molecule has 0 saturated carbocycles. The Balaban J connectivity index is 1.73. The maximum atomic E-state index is 12.0. The van der Waals surface area contributed by atoms with Gasteiger partial charge in [0, 0.05) is 6.54 Å². The molecule has 0 bridgehead atoms. The predicted octanol–water partition coefficient (Wildman–Crippen LogP) is 2.32. The summed E-state index contributed by atoms with van der Waals surface area (Å²) in [5.74, 6) is 0.161. The predicted molar refractivity (Wildman–Crippen MR) is 84.0 cm³/mol. The molecule has 0 spiro atoms. The fourth-order valence-electron chi connectivity index (χ4n) is 2.32. The van der Waals surface area contributed by atoms with Gasteiger partial charge >= 0.3 is 5.97 Å². The van der Waals surface area contributed by atoms with Gasteiger partial charge in [-0.1, -0.05) is 26.0 Å². The van der Waals surface area contributed by atoms with Gasteiger partial charge in [-0.3, -0.25) is 0 Å². The van der Waals surface area contributed by atoms with Crippen LogP contribution >= 0.6 is 0 Å². The molecule has 1 aliphatic rings. The highest BCUT2D eigenvalue weighted by Gasteiger charge is 2.27. The number of ether oxygens (including phenoxy) is 3. The van der Waals surface area contributed by atoms with E-state index in [2.05, 4.69) is 19.2 Å². The van der Waals surface area contributed by atoms with E-state index >= 15 is 0 Å². The average molecular weight is 307 g/mol. The zero-order chi connectivity index (χ0) is 16.0. The minimum absolute atomic E-state index is 0.219. The molecule has 122 valence electrons. The Morgan fingerprint density at radius 3 is 2.50 bits per heavy atom. The minimum atomic E-state index is -0.293. The molecule has 0 unspecified atom stereocenters. The molecule has 0 amide bonds. The van der Waals surface area contributed by atoms with Crippen molar-refractivity contribution in [2.75, 3.05) is 33.2 Å². The highest BCUT2D eigenvalue weighted by atomic mass is 16.7. The molecule has 5 heteroatoms. The minimum Gasteiger partial charge on any atom is -0.461 e. The van der Waals surface area contributed by atoms with Crippen LogP contribution in [0.15, 0.2) is 24.3 Å². The number of nitrogens with one attached hydrogen (secondary N) is 1. The summed E-state index contributed by atoms with van der Waals surface area (Å²) in [5, 5.41) is 3.30. The van der Waals surface area contributed by atoms with E-state index in [1.54, 1.807) is 0 Å². The van der Waals surface area contributed by atoms with Crippen molar-refractivity contribution in [2.24, 2.45) is 0 Å². The lowest BCUT2D eigenvalue weighted by molar-refractivity contribution is -0.139. The number of hydrogen-bond donors (Lipinski definition) is 1. The van der Waals surface area contributed by atoms with Gasteiger partial charge in [-0.15, -0.1) is 0 Å². The van der Waals surface area contributed by atoms with E-state index in [-0.39, 0.29) is 11.5 Å². The SMILES string of the molecule is CC(C)c1ccc(C(=O)OCCNC2(C)COCOC2)cc1. The Hall–Kier alpha value is -1.43. The summed E-state index contributed by atoms with van der Waals surface area (Å²) in [6, 6.07) is 7.57. The van der Waals surface area contributed by atoms with E-state index in [0.717, 1.165) is 0 Å². The van der Waals surface area contributed by atoms with Crippen molar-refractivity contribution in [1.82, 2.24) is 5.32 Å². The molecule has 0 aromatic heterocycles. The third kappa shape index (κ3) is 4.80. The maximum Gasteiger partial charge on any atom is 0.338 e. The number of carbonyl (C=O) groups excluding carboxylic acids is 1. The summed E-state index contributed by atoms with van der Waals surface area (Å²) in [5.41, 5.74) is 1.58. The first-order valence-electron chi connectivity index (χ1n) is 7.68. The maximum absolute atomic E-state index is 12.0. The Labute approximate surface area is 131 Å². The van der Waals surface area contributed by atoms with Gasteiger partial charge in [0.05, 0.1) is 24.3 Å². The second-order valence-corrected chi connectivity index (χ2v) is 6.21. The van der Waals surface area contributed by atoms with E-state index in [1.807, 2.05) is 31.2 Å². The molecule has 1 N–H and O–H groups in total. The standard InChI is InChI=1S/C17H25NO4/c1-13(2)14-4-6-15(7-5-14)16(19)22-9-8-18-17(3)10-20-12-21-11-17/h4-7,13,18H,8-12H2,1-3H3. The molecular formula is C17H25NO4. The van der Waals surface area contributed by atoms with Crippen LogP contribution in [0.4, 0.5) is 0 Å². The van der Waals surface area contributed by atoms with Crippen LogP contribution in [0.3, 0.4) is 0 Å². The summed E-state index contributed by atoms with van der Waals surface area (Å²) >= 11 is 0. The molecule has 1 fully saturated rings. The van der Waals surface area contributed by atoms with E-state index in [9.17, 15) is 4.79 Å². The van der Waals surface area contributed by atoms with Gasteiger partial charge in [0.1, 0.15) is 13.4 Å². The van der Waals surface area contributed by atoms with E-state index in [0.29, 0.717) is 44.6 Å². The molecule has 0 radical (unpaired) electrons. The fraction of sp³-hybridized carbons (Fsp3) is 0.588. The van der Waals surface area contributed by atoms with Crippen LogP contribution in [0, 0.1) is 0 Å². The van der Waals surface area contributed by atoms with Crippen molar-refractivity contribution in [3.05, 3.63) is 35.4 Å². The number of carbonyl (C=O) groups is 1. The normalized spacial score (nSPS) is 17.5. The number of rotatable bonds is 6. The van der Waals surface area contributed by atoms with Crippen molar-refractivity contribution in [3.8, 4) is 0 Å². The van der Waals surface area contributed by atoms with Crippen LogP contribution in [-0.2, 0) is 14.2 Å². The first-order valence-corrected chi connectivity index (χ1v) is 7.68. The summed E-state index contributed by atoms with van der Waals surface area (Å²) in [6.45, 7) is 8.70. The Morgan fingerprint density at radius 2 is 1.91 bits per heavy atom. The summed E-state index contributed by atoms with van der Waals surface area (Å²) in [6.07, 6.45) is 0. The Kier molecular flexibility index (Phi) is 5.94. The lowest BCUT2D eigenvalue weighted by Crippen LogP contribution is -2.54. The Bertz CT molecular complexity index is 478. The molecule has 5 nitrogen and oxygen atoms in total. The first-order chi connectivity index (χ1) is 10.5. The molecule has 1 saturated heterocycles. The quantitative estimate of drug-likeness (QED) is 0.645. The molecule has 1 aromatic rings. The molecule has 0 aliphatic carbocycles. The van der Waals surface area contributed by atoms with Crippen molar-refractivity contribution < 1.29 is 19.0 Å². The van der Waals surface area contributed by atoms with Gasteiger partial charge in [-0.25, -0.2) is 4.79 Å².